The second-order valence-corrected chi connectivity index (χ2v) is 3.48. The molecule has 0 aliphatic rings. The van der Waals surface area contributed by atoms with Crippen molar-refractivity contribution >= 4 is 28.1 Å². The molecule has 1 rings (SSSR count). The largest absolute Gasteiger partial charge is 0.419 e. The van der Waals surface area contributed by atoms with Crippen LogP contribution in [0.4, 0.5) is 17.6 Å². The summed E-state index contributed by atoms with van der Waals surface area (Å²) in [5.41, 5.74) is -1.26. The van der Waals surface area contributed by atoms with Crippen LogP contribution in [0.3, 0.4) is 0 Å². The Bertz CT molecular complexity index is 372. The topological polar surface area (TPSA) is 0 Å². The van der Waals surface area contributed by atoms with Gasteiger partial charge in [-0.2, -0.15) is 13.2 Å². The molecule has 0 atom stereocenters. The molecule has 0 heterocycles. The molecule has 1 aromatic carbocycles. The van der Waals surface area contributed by atoms with Gasteiger partial charge in [-0.1, -0.05) is 29.9 Å². The smallest absolute Gasteiger partial charge is 0.206 e. The first-order chi connectivity index (χ1) is 6.32. The van der Waals surface area contributed by atoms with Crippen LogP contribution < -0.4 is 0 Å². The van der Waals surface area contributed by atoms with E-state index < -0.39 is 17.6 Å². The fourth-order valence-electron chi connectivity index (χ4n) is 0.867. The predicted octanol–water partition coefficient (Wildman–Crippen LogP) is 3.76. The lowest BCUT2D eigenvalue weighted by atomic mass is 10.1. The lowest BCUT2D eigenvalue weighted by molar-refractivity contribution is -0.140. The third-order valence-electron chi connectivity index (χ3n) is 1.50. The number of hydrogen-bond acceptors (Lipinski definition) is 1. The van der Waals surface area contributed by atoms with E-state index >= 15 is 0 Å². The first-order valence-electron chi connectivity index (χ1n) is 3.39. The molecule has 0 nitrogen and oxygen atoms in total. The summed E-state index contributed by atoms with van der Waals surface area (Å²) in [6.07, 6.45) is -4.70. The number of alkyl halides is 3. The van der Waals surface area contributed by atoms with Crippen LogP contribution in [0.15, 0.2) is 18.2 Å². The Morgan fingerprint density at radius 1 is 1.29 bits per heavy atom. The summed E-state index contributed by atoms with van der Waals surface area (Å²) in [5, 5.41) is 0. The lowest BCUT2D eigenvalue weighted by Crippen LogP contribution is -2.08. The molecular formula is C8H3ClF4S. The third kappa shape index (κ3) is 2.42. The SMILES string of the molecule is Fc1cc(C(=S)Cl)ccc1C(F)(F)F. The number of halogens is 5. The van der Waals surface area contributed by atoms with Crippen LogP contribution in [0.5, 0.6) is 0 Å². The van der Waals surface area contributed by atoms with Crippen LogP contribution >= 0.6 is 23.8 Å². The zero-order valence-electron chi connectivity index (χ0n) is 6.53. The van der Waals surface area contributed by atoms with Crippen molar-refractivity contribution < 1.29 is 17.6 Å². The molecule has 0 spiro atoms. The van der Waals surface area contributed by atoms with E-state index in [9.17, 15) is 17.6 Å². The Kier molecular flexibility index (Phi) is 3.11. The van der Waals surface area contributed by atoms with Crippen molar-refractivity contribution in [3.63, 3.8) is 0 Å². The van der Waals surface area contributed by atoms with E-state index in [0.717, 1.165) is 6.07 Å². The van der Waals surface area contributed by atoms with Crippen molar-refractivity contribution in [1.82, 2.24) is 0 Å². The van der Waals surface area contributed by atoms with Gasteiger partial charge in [0.15, 0.2) is 0 Å². The molecule has 0 unspecified atom stereocenters. The highest BCUT2D eigenvalue weighted by molar-refractivity contribution is 7.83. The normalized spacial score (nSPS) is 11.5. The average molecular weight is 243 g/mol. The molecule has 0 saturated heterocycles. The quantitative estimate of drug-likeness (QED) is 0.411. The van der Waals surface area contributed by atoms with E-state index in [1.165, 1.54) is 0 Å². The van der Waals surface area contributed by atoms with Gasteiger partial charge < -0.3 is 0 Å². The van der Waals surface area contributed by atoms with Crippen LogP contribution in [0.2, 0.25) is 0 Å². The van der Waals surface area contributed by atoms with Gasteiger partial charge in [-0.25, -0.2) is 4.39 Å². The van der Waals surface area contributed by atoms with Gasteiger partial charge in [0.2, 0.25) is 0 Å². The molecule has 0 radical (unpaired) electrons. The molecule has 14 heavy (non-hydrogen) atoms. The average Bonchev–Trinajstić information content (AvgIpc) is 2.01. The van der Waals surface area contributed by atoms with Crippen LogP contribution in [-0.4, -0.2) is 4.32 Å². The van der Waals surface area contributed by atoms with Gasteiger partial charge in [0.05, 0.1) is 5.56 Å². The molecule has 0 aromatic heterocycles. The Morgan fingerprint density at radius 2 is 1.86 bits per heavy atom. The van der Waals surface area contributed by atoms with E-state index in [2.05, 4.69) is 12.2 Å². The van der Waals surface area contributed by atoms with E-state index in [1.807, 2.05) is 0 Å². The van der Waals surface area contributed by atoms with Crippen molar-refractivity contribution in [3.8, 4) is 0 Å². The summed E-state index contributed by atoms with van der Waals surface area (Å²) >= 11 is 9.80. The summed E-state index contributed by atoms with van der Waals surface area (Å²) < 4.78 is 48.9. The van der Waals surface area contributed by atoms with Gasteiger partial charge in [0, 0.05) is 5.56 Å². The van der Waals surface area contributed by atoms with E-state index in [0.29, 0.717) is 12.1 Å². The summed E-state index contributed by atoms with van der Waals surface area (Å²) in [6.45, 7) is 0. The van der Waals surface area contributed by atoms with Gasteiger partial charge in [-0.05, 0) is 12.1 Å². The maximum atomic E-state index is 12.9. The highest BCUT2D eigenvalue weighted by atomic mass is 35.5. The number of hydrogen-bond donors (Lipinski definition) is 0. The zero-order chi connectivity index (χ0) is 10.9. The minimum atomic E-state index is -4.70. The van der Waals surface area contributed by atoms with Crippen LogP contribution in [0, 0.1) is 5.82 Å². The summed E-state index contributed by atoms with van der Waals surface area (Å²) in [7, 11) is 0. The first-order valence-corrected chi connectivity index (χ1v) is 4.17. The molecule has 0 N–H and O–H groups in total. The highest BCUT2D eigenvalue weighted by Gasteiger charge is 2.33. The molecule has 0 fully saturated rings. The second kappa shape index (κ2) is 3.82. The third-order valence-corrected chi connectivity index (χ3v) is 1.96. The Hall–Kier alpha value is -0.680. The van der Waals surface area contributed by atoms with Gasteiger partial charge in [0.25, 0.3) is 0 Å². The second-order valence-electron chi connectivity index (χ2n) is 2.47. The minimum absolute atomic E-state index is 0.0622. The molecule has 0 aliphatic heterocycles. The minimum Gasteiger partial charge on any atom is -0.206 e. The van der Waals surface area contributed by atoms with Crippen LogP contribution in [-0.2, 0) is 6.18 Å². The molecule has 0 aliphatic carbocycles. The van der Waals surface area contributed by atoms with Crippen LogP contribution in [0.1, 0.15) is 11.1 Å². The molecular weight excluding hydrogens is 240 g/mol. The lowest BCUT2D eigenvalue weighted by Gasteiger charge is -2.08. The van der Waals surface area contributed by atoms with E-state index in [-0.39, 0.29) is 9.89 Å². The molecule has 0 amide bonds. The first kappa shape index (κ1) is 11.4. The zero-order valence-corrected chi connectivity index (χ0v) is 8.10. The van der Waals surface area contributed by atoms with Crippen molar-refractivity contribution in [2.24, 2.45) is 0 Å². The standard InChI is InChI=1S/C8H3ClF4S/c9-7(14)4-1-2-5(6(10)3-4)8(11,12)13/h1-3H. The fraction of sp³-hybridized carbons (Fsp3) is 0.125. The molecule has 6 heteroatoms. The number of rotatable bonds is 1. The van der Waals surface area contributed by atoms with Crippen molar-refractivity contribution in [2.45, 2.75) is 6.18 Å². The maximum absolute atomic E-state index is 12.9. The monoisotopic (exact) mass is 242 g/mol. The summed E-state index contributed by atoms with van der Waals surface area (Å²) in [6, 6.07) is 2.30. The predicted molar refractivity (Wildman–Crippen MR) is 49.0 cm³/mol. The van der Waals surface area contributed by atoms with E-state index in [1.54, 1.807) is 0 Å². The summed E-state index contributed by atoms with van der Waals surface area (Å²) in [4.78, 5) is 0. The van der Waals surface area contributed by atoms with Crippen molar-refractivity contribution in [1.29, 1.82) is 0 Å². The molecule has 0 saturated carbocycles. The number of thiocarbonyl (C=S) groups is 1. The van der Waals surface area contributed by atoms with Crippen molar-refractivity contribution in [2.75, 3.05) is 0 Å². The summed E-state index contributed by atoms with van der Waals surface area (Å²) in [5.74, 6) is -1.38. The molecule has 76 valence electrons. The Morgan fingerprint density at radius 3 is 2.21 bits per heavy atom. The molecule has 0 bridgehead atoms. The van der Waals surface area contributed by atoms with Crippen LogP contribution in [0.25, 0.3) is 0 Å². The number of benzene rings is 1. The molecule has 1 aromatic rings. The fourth-order valence-corrected chi connectivity index (χ4v) is 1.11. The Labute approximate surface area is 87.5 Å². The van der Waals surface area contributed by atoms with E-state index in [4.69, 9.17) is 11.6 Å². The van der Waals surface area contributed by atoms with Gasteiger partial charge in [-0.15, -0.1) is 0 Å². The highest BCUT2D eigenvalue weighted by Crippen LogP contribution is 2.31. The van der Waals surface area contributed by atoms with Gasteiger partial charge in [0.1, 0.15) is 10.1 Å². The maximum Gasteiger partial charge on any atom is 0.419 e. The van der Waals surface area contributed by atoms with Gasteiger partial charge >= 0.3 is 6.18 Å². The van der Waals surface area contributed by atoms with Crippen molar-refractivity contribution in [3.05, 3.63) is 35.1 Å². The Balaban J connectivity index is 3.21. The van der Waals surface area contributed by atoms with Gasteiger partial charge in [-0.3, -0.25) is 0 Å².